The van der Waals surface area contributed by atoms with Crippen LogP contribution in [0.15, 0.2) is 55.7 Å². The van der Waals surface area contributed by atoms with Crippen LogP contribution in [0.4, 0.5) is 0 Å². The fourth-order valence-corrected chi connectivity index (χ4v) is 2.63. The van der Waals surface area contributed by atoms with Gasteiger partial charge in [0.25, 0.3) is 0 Å². The maximum Gasteiger partial charge on any atom is -0.0103 e. The van der Waals surface area contributed by atoms with Gasteiger partial charge in [0.05, 0.1) is 0 Å². The van der Waals surface area contributed by atoms with Crippen molar-refractivity contribution in [2.45, 2.75) is 13.8 Å². The molecule has 2 aromatic rings. The molecule has 0 bridgehead atoms. The van der Waals surface area contributed by atoms with Gasteiger partial charge in [0.15, 0.2) is 0 Å². The molecule has 0 aromatic heterocycles. The second-order valence-corrected chi connectivity index (χ2v) is 4.71. The van der Waals surface area contributed by atoms with E-state index in [4.69, 9.17) is 0 Å². The third kappa shape index (κ3) is 2.37. The van der Waals surface area contributed by atoms with Crippen LogP contribution < -0.4 is 0 Å². The number of hydrogen-bond acceptors (Lipinski definition) is 0. The number of rotatable bonds is 4. The number of hydrogen-bond donors (Lipinski definition) is 0. The van der Waals surface area contributed by atoms with Gasteiger partial charge in [-0.1, -0.05) is 73.9 Å². The van der Waals surface area contributed by atoms with Crippen molar-refractivity contribution in [2.24, 2.45) is 0 Å². The summed E-state index contributed by atoms with van der Waals surface area (Å²) in [5, 5.41) is 2.53. The number of allylic oxidation sites excluding steroid dienone is 3. The minimum absolute atomic E-state index is 1.19. The van der Waals surface area contributed by atoms with Gasteiger partial charge >= 0.3 is 0 Å². The molecule has 0 heteroatoms. The first kappa shape index (κ1) is 14.1. The van der Waals surface area contributed by atoms with E-state index in [9.17, 15) is 0 Å². The van der Waals surface area contributed by atoms with Gasteiger partial charge in [-0.3, -0.25) is 0 Å². The Hall–Kier alpha value is -2.34. The van der Waals surface area contributed by atoms with E-state index >= 15 is 0 Å². The summed E-state index contributed by atoms with van der Waals surface area (Å²) in [7, 11) is 0. The average molecular weight is 260 g/mol. The van der Waals surface area contributed by atoms with Crippen LogP contribution in [0.5, 0.6) is 0 Å². The molecule has 0 unspecified atom stereocenters. The monoisotopic (exact) mass is 260 g/mol. The second-order valence-electron chi connectivity index (χ2n) is 4.71. The Morgan fingerprint density at radius 1 is 0.900 bits per heavy atom. The van der Waals surface area contributed by atoms with E-state index < -0.39 is 0 Å². The van der Waals surface area contributed by atoms with Gasteiger partial charge in [-0.15, -0.1) is 0 Å². The van der Waals surface area contributed by atoms with Crippen molar-refractivity contribution in [3.8, 4) is 0 Å². The Morgan fingerprint density at radius 3 is 2.20 bits per heavy atom. The third-order valence-electron chi connectivity index (χ3n) is 3.54. The summed E-state index contributed by atoms with van der Waals surface area (Å²) in [6.45, 7) is 12.0. The normalized spacial score (nSPS) is 11.5. The van der Waals surface area contributed by atoms with Crippen LogP contribution in [0.3, 0.4) is 0 Å². The van der Waals surface area contributed by atoms with E-state index in [1.165, 1.54) is 33.0 Å². The lowest BCUT2D eigenvalue weighted by molar-refractivity contribution is 1.47. The largest absolute Gasteiger partial charge is 0.0991 e. The Bertz CT molecular complexity index is 712. The first-order valence-corrected chi connectivity index (χ1v) is 6.84. The van der Waals surface area contributed by atoms with Gasteiger partial charge in [0.1, 0.15) is 0 Å². The van der Waals surface area contributed by atoms with Crippen LogP contribution >= 0.6 is 0 Å². The molecular formula is C20H20. The van der Waals surface area contributed by atoms with Crippen LogP contribution in [0, 0.1) is 6.92 Å². The van der Waals surface area contributed by atoms with Gasteiger partial charge in [-0.25, -0.2) is 0 Å². The van der Waals surface area contributed by atoms with Gasteiger partial charge in [-0.05, 0) is 46.9 Å². The molecule has 0 fully saturated rings. The lowest BCUT2D eigenvalue weighted by Gasteiger charge is -2.15. The Balaban J connectivity index is 2.97. The maximum atomic E-state index is 4.00. The fraction of sp³-hybridized carbons (Fsp3) is 0.100. The summed E-state index contributed by atoms with van der Waals surface area (Å²) in [6, 6.07) is 8.49. The zero-order valence-electron chi connectivity index (χ0n) is 12.2. The summed E-state index contributed by atoms with van der Waals surface area (Å²) in [5.74, 6) is 0. The predicted molar refractivity (Wildman–Crippen MR) is 92.7 cm³/mol. The minimum Gasteiger partial charge on any atom is -0.0991 e. The van der Waals surface area contributed by atoms with Crippen LogP contribution in [0.2, 0.25) is 0 Å². The van der Waals surface area contributed by atoms with E-state index in [0.717, 1.165) is 0 Å². The van der Waals surface area contributed by atoms with Gasteiger partial charge in [0, 0.05) is 0 Å². The molecular weight excluding hydrogens is 240 g/mol. The maximum absolute atomic E-state index is 4.00. The zero-order chi connectivity index (χ0) is 14.5. The summed E-state index contributed by atoms with van der Waals surface area (Å²) < 4.78 is 0. The highest BCUT2D eigenvalue weighted by Gasteiger charge is 2.11. The molecule has 0 heterocycles. The van der Waals surface area contributed by atoms with Crippen LogP contribution in [-0.2, 0) is 0 Å². The second kappa shape index (κ2) is 6.21. The minimum atomic E-state index is 1.19. The number of fused-ring (bicyclic) bond motifs is 1. The van der Waals surface area contributed by atoms with Crippen molar-refractivity contribution in [2.75, 3.05) is 0 Å². The van der Waals surface area contributed by atoms with Crippen LogP contribution in [0.25, 0.3) is 29.0 Å². The van der Waals surface area contributed by atoms with Crippen molar-refractivity contribution < 1.29 is 0 Å². The smallest absolute Gasteiger partial charge is 0.0103 e. The topological polar surface area (TPSA) is 0 Å². The summed E-state index contributed by atoms with van der Waals surface area (Å²) in [4.78, 5) is 0. The molecule has 0 nitrogen and oxygen atoms in total. The van der Waals surface area contributed by atoms with Crippen LogP contribution in [0.1, 0.15) is 29.2 Å². The molecule has 0 aliphatic carbocycles. The molecule has 0 saturated heterocycles. The lowest BCUT2D eigenvalue weighted by Crippen LogP contribution is -1.94. The molecule has 100 valence electrons. The first-order valence-electron chi connectivity index (χ1n) is 6.84. The molecule has 0 N–H and O–H groups in total. The molecule has 2 aromatic carbocycles. The molecule has 2 rings (SSSR count). The van der Waals surface area contributed by atoms with Crippen molar-refractivity contribution in [1.29, 1.82) is 0 Å². The lowest BCUT2D eigenvalue weighted by atomic mass is 9.89. The van der Waals surface area contributed by atoms with Crippen molar-refractivity contribution in [1.82, 2.24) is 0 Å². The highest BCUT2D eigenvalue weighted by atomic mass is 14.1. The molecule has 0 amide bonds. The zero-order valence-corrected chi connectivity index (χ0v) is 12.2. The Morgan fingerprint density at radius 2 is 1.60 bits per heavy atom. The summed E-state index contributed by atoms with van der Waals surface area (Å²) >= 11 is 0. The summed E-state index contributed by atoms with van der Waals surface area (Å²) in [5.41, 5.74) is 4.93. The van der Waals surface area contributed by atoms with Gasteiger partial charge in [-0.2, -0.15) is 0 Å². The SMILES string of the molecule is C=C/C=C\c1c(/C=C\C)c(C=C)c2ccccc2c1C. The van der Waals surface area contributed by atoms with Gasteiger partial charge in [0.2, 0.25) is 0 Å². The highest BCUT2D eigenvalue weighted by Crippen LogP contribution is 2.32. The summed E-state index contributed by atoms with van der Waals surface area (Å²) in [6.07, 6.45) is 12.1. The van der Waals surface area contributed by atoms with Crippen molar-refractivity contribution >= 4 is 29.0 Å². The predicted octanol–water partition coefficient (Wildman–Crippen LogP) is 6.02. The molecule has 0 aliphatic rings. The highest BCUT2D eigenvalue weighted by molar-refractivity contribution is 5.99. The van der Waals surface area contributed by atoms with Crippen LogP contribution in [-0.4, -0.2) is 0 Å². The molecule has 0 atom stereocenters. The third-order valence-corrected chi connectivity index (χ3v) is 3.54. The molecule has 0 aliphatic heterocycles. The van der Waals surface area contributed by atoms with Crippen molar-refractivity contribution in [3.05, 3.63) is 77.9 Å². The quantitative estimate of drug-likeness (QED) is 0.589. The Labute approximate surface area is 121 Å². The fourth-order valence-electron chi connectivity index (χ4n) is 2.63. The standard InChI is InChI=1S/C20H20/c1-5-8-12-17-15(4)18-13-9-10-14-20(18)16(7-3)19(17)11-6-2/h5-14H,1,3H2,2,4H3/b11-6-,12-8-. The van der Waals surface area contributed by atoms with E-state index in [1.54, 1.807) is 0 Å². The van der Waals surface area contributed by atoms with Crippen molar-refractivity contribution in [3.63, 3.8) is 0 Å². The molecule has 0 saturated carbocycles. The average Bonchev–Trinajstić information content (AvgIpc) is 2.48. The molecule has 0 spiro atoms. The van der Waals surface area contributed by atoms with E-state index in [1.807, 2.05) is 25.2 Å². The number of aryl methyl sites for hydroxylation is 1. The van der Waals surface area contributed by atoms with E-state index in [-0.39, 0.29) is 0 Å². The van der Waals surface area contributed by atoms with E-state index in [2.05, 4.69) is 62.6 Å². The molecule has 0 radical (unpaired) electrons. The van der Waals surface area contributed by atoms with Gasteiger partial charge < -0.3 is 0 Å². The van der Waals surface area contributed by atoms with E-state index in [0.29, 0.717) is 0 Å². The number of benzene rings is 2. The Kier molecular flexibility index (Phi) is 4.37. The first-order chi connectivity index (χ1) is 9.74. The molecule has 20 heavy (non-hydrogen) atoms.